The molecular formula is C18H15BrN2O. The molecule has 1 amide bonds. The van der Waals surface area contributed by atoms with Gasteiger partial charge in [-0.25, -0.2) is 0 Å². The highest BCUT2D eigenvalue weighted by molar-refractivity contribution is 9.10. The van der Waals surface area contributed by atoms with Crippen LogP contribution < -0.4 is 5.32 Å². The van der Waals surface area contributed by atoms with Crippen LogP contribution in [0, 0.1) is 6.92 Å². The van der Waals surface area contributed by atoms with Gasteiger partial charge in [-0.3, -0.25) is 4.79 Å². The highest BCUT2D eigenvalue weighted by Gasteiger charge is 2.08. The van der Waals surface area contributed by atoms with Crippen LogP contribution in [0.15, 0.2) is 71.5 Å². The van der Waals surface area contributed by atoms with Crippen molar-refractivity contribution in [3.05, 3.63) is 82.6 Å². The fourth-order valence-electron chi connectivity index (χ4n) is 2.25. The first-order valence-corrected chi connectivity index (χ1v) is 7.74. The van der Waals surface area contributed by atoms with Crippen molar-refractivity contribution in [2.24, 2.45) is 0 Å². The predicted molar refractivity (Wildman–Crippen MR) is 92.6 cm³/mol. The van der Waals surface area contributed by atoms with Gasteiger partial charge in [0.2, 0.25) is 0 Å². The van der Waals surface area contributed by atoms with E-state index in [1.54, 1.807) is 0 Å². The summed E-state index contributed by atoms with van der Waals surface area (Å²) in [5, 5.41) is 2.94. The number of hydrogen-bond donors (Lipinski definition) is 1. The van der Waals surface area contributed by atoms with Crippen LogP contribution in [0.4, 0.5) is 5.69 Å². The fraction of sp³-hybridized carbons (Fsp3) is 0.0556. The first-order chi connectivity index (χ1) is 10.6. The van der Waals surface area contributed by atoms with E-state index in [2.05, 4.69) is 21.2 Å². The van der Waals surface area contributed by atoms with Gasteiger partial charge in [0.1, 0.15) is 0 Å². The molecule has 1 heterocycles. The molecule has 0 fully saturated rings. The SMILES string of the molecule is Cc1cc(Br)ccc1NC(=O)c1ccc(-n2cccc2)cc1. The average molecular weight is 355 g/mol. The molecule has 0 saturated heterocycles. The van der Waals surface area contributed by atoms with Gasteiger partial charge in [-0.05, 0) is 67.1 Å². The molecule has 3 nitrogen and oxygen atoms in total. The van der Waals surface area contributed by atoms with Crippen molar-refractivity contribution in [3.63, 3.8) is 0 Å². The Morgan fingerprint density at radius 1 is 1.05 bits per heavy atom. The monoisotopic (exact) mass is 354 g/mol. The Morgan fingerprint density at radius 2 is 1.73 bits per heavy atom. The zero-order valence-electron chi connectivity index (χ0n) is 12.1. The number of aryl methyl sites for hydroxylation is 1. The highest BCUT2D eigenvalue weighted by atomic mass is 79.9. The van der Waals surface area contributed by atoms with Crippen LogP contribution >= 0.6 is 15.9 Å². The summed E-state index contributed by atoms with van der Waals surface area (Å²) in [6.45, 7) is 1.97. The summed E-state index contributed by atoms with van der Waals surface area (Å²) in [5.41, 5.74) is 3.51. The molecule has 0 spiro atoms. The molecule has 0 aliphatic rings. The van der Waals surface area contributed by atoms with Gasteiger partial charge in [0.25, 0.3) is 5.91 Å². The van der Waals surface area contributed by atoms with E-state index in [1.165, 1.54) is 0 Å². The summed E-state index contributed by atoms with van der Waals surface area (Å²) in [6, 6.07) is 17.3. The van der Waals surface area contributed by atoms with E-state index in [1.807, 2.05) is 78.5 Å². The number of anilines is 1. The molecule has 0 unspecified atom stereocenters. The molecule has 3 rings (SSSR count). The number of carbonyl (C=O) groups excluding carboxylic acids is 1. The number of benzene rings is 2. The first-order valence-electron chi connectivity index (χ1n) is 6.94. The van der Waals surface area contributed by atoms with Crippen molar-refractivity contribution in [2.75, 3.05) is 5.32 Å². The van der Waals surface area contributed by atoms with E-state index in [-0.39, 0.29) is 5.91 Å². The summed E-state index contributed by atoms with van der Waals surface area (Å²) in [7, 11) is 0. The second kappa shape index (κ2) is 6.20. The van der Waals surface area contributed by atoms with Crippen LogP contribution in [-0.4, -0.2) is 10.5 Å². The average Bonchev–Trinajstić information content (AvgIpc) is 3.04. The van der Waals surface area contributed by atoms with Crippen LogP contribution in [0.2, 0.25) is 0 Å². The minimum absolute atomic E-state index is 0.107. The number of nitrogens with one attached hydrogen (secondary N) is 1. The van der Waals surface area contributed by atoms with Crippen molar-refractivity contribution in [1.82, 2.24) is 4.57 Å². The minimum Gasteiger partial charge on any atom is -0.324 e. The molecule has 1 N–H and O–H groups in total. The molecule has 1 aromatic heterocycles. The first kappa shape index (κ1) is 14.6. The van der Waals surface area contributed by atoms with E-state index < -0.39 is 0 Å². The molecule has 2 aromatic carbocycles. The topological polar surface area (TPSA) is 34.0 Å². The Bertz CT molecular complexity index is 792. The largest absolute Gasteiger partial charge is 0.324 e. The number of rotatable bonds is 3. The molecule has 0 aliphatic heterocycles. The van der Waals surface area contributed by atoms with Gasteiger partial charge in [-0.15, -0.1) is 0 Å². The number of hydrogen-bond acceptors (Lipinski definition) is 1. The second-order valence-electron chi connectivity index (χ2n) is 5.05. The van der Waals surface area contributed by atoms with Gasteiger partial charge in [0, 0.05) is 33.8 Å². The molecule has 0 bridgehead atoms. The normalized spacial score (nSPS) is 10.5. The summed E-state index contributed by atoms with van der Waals surface area (Å²) < 4.78 is 3.00. The molecule has 0 atom stereocenters. The molecule has 3 aromatic rings. The van der Waals surface area contributed by atoms with E-state index in [0.717, 1.165) is 21.4 Å². The van der Waals surface area contributed by atoms with Crippen molar-refractivity contribution >= 4 is 27.5 Å². The Morgan fingerprint density at radius 3 is 2.36 bits per heavy atom. The van der Waals surface area contributed by atoms with E-state index in [4.69, 9.17) is 0 Å². The van der Waals surface area contributed by atoms with E-state index in [0.29, 0.717) is 5.56 Å². The summed E-state index contributed by atoms with van der Waals surface area (Å²) >= 11 is 3.42. The Labute approximate surface area is 137 Å². The molecule has 4 heteroatoms. The third-order valence-electron chi connectivity index (χ3n) is 3.47. The molecular weight excluding hydrogens is 340 g/mol. The number of amides is 1. The lowest BCUT2D eigenvalue weighted by Gasteiger charge is -2.09. The zero-order chi connectivity index (χ0) is 15.5. The van der Waals surface area contributed by atoms with Crippen molar-refractivity contribution in [3.8, 4) is 5.69 Å². The zero-order valence-corrected chi connectivity index (χ0v) is 13.7. The lowest BCUT2D eigenvalue weighted by atomic mass is 10.1. The maximum atomic E-state index is 12.3. The van der Waals surface area contributed by atoms with Gasteiger partial charge in [-0.2, -0.15) is 0 Å². The number of aromatic nitrogens is 1. The number of nitrogens with zero attached hydrogens (tertiary/aromatic N) is 1. The quantitative estimate of drug-likeness (QED) is 0.719. The van der Waals surface area contributed by atoms with Gasteiger partial charge in [0.15, 0.2) is 0 Å². The minimum atomic E-state index is -0.107. The smallest absolute Gasteiger partial charge is 0.255 e. The summed E-state index contributed by atoms with van der Waals surface area (Å²) in [4.78, 5) is 12.3. The predicted octanol–water partition coefficient (Wildman–Crippen LogP) is 4.80. The van der Waals surface area contributed by atoms with Crippen LogP contribution in [0.1, 0.15) is 15.9 Å². The Kier molecular flexibility index (Phi) is 4.11. The standard InChI is InChI=1S/C18H15BrN2O/c1-13-12-15(19)6-9-17(13)20-18(22)14-4-7-16(8-5-14)21-10-2-3-11-21/h2-12H,1H3,(H,20,22). The van der Waals surface area contributed by atoms with Crippen molar-refractivity contribution in [2.45, 2.75) is 6.92 Å². The third kappa shape index (κ3) is 3.12. The lowest BCUT2D eigenvalue weighted by Crippen LogP contribution is -2.12. The van der Waals surface area contributed by atoms with Crippen LogP contribution in [0.5, 0.6) is 0 Å². The highest BCUT2D eigenvalue weighted by Crippen LogP contribution is 2.21. The van der Waals surface area contributed by atoms with Crippen molar-refractivity contribution in [1.29, 1.82) is 0 Å². The van der Waals surface area contributed by atoms with Gasteiger partial charge >= 0.3 is 0 Å². The molecule has 0 aliphatic carbocycles. The van der Waals surface area contributed by atoms with Crippen LogP contribution in [0.3, 0.4) is 0 Å². The van der Waals surface area contributed by atoms with Crippen LogP contribution in [-0.2, 0) is 0 Å². The molecule has 22 heavy (non-hydrogen) atoms. The van der Waals surface area contributed by atoms with Crippen LogP contribution in [0.25, 0.3) is 5.69 Å². The van der Waals surface area contributed by atoms with Crippen molar-refractivity contribution < 1.29 is 4.79 Å². The van der Waals surface area contributed by atoms with Gasteiger partial charge in [-0.1, -0.05) is 15.9 Å². The van der Waals surface area contributed by atoms with E-state index in [9.17, 15) is 4.79 Å². The van der Waals surface area contributed by atoms with Gasteiger partial charge in [0.05, 0.1) is 0 Å². The summed E-state index contributed by atoms with van der Waals surface area (Å²) in [6.07, 6.45) is 3.94. The maximum absolute atomic E-state index is 12.3. The Balaban J connectivity index is 1.77. The lowest BCUT2D eigenvalue weighted by molar-refractivity contribution is 0.102. The molecule has 110 valence electrons. The summed E-state index contributed by atoms with van der Waals surface area (Å²) in [5.74, 6) is -0.107. The Hall–Kier alpha value is -2.33. The second-order valence-corrected chi connectivity index (χ2v) is 5.97. The third-order valence-corrected chi connectivity index (χ3v) is 3.96. The van der Waals surface area contributed by atoms with Gasteiger partial charge < -0.3 is 9.88 Å². The number of halogens is 1. The van der Waals surface area contributed by atoms with E-state index >= 15 is 0 Å². The fourth-order valence-corrected chi connectivity index (χ4v) is 2.73. The maximum Gasteiger partial charge on any atom is 0.255 e. The molecule has 0 radical (unpaired) electrons. The molecule has 0 saturated carbocycles. The number of carbonyl (C=O) groups is 1.